The number of fused-ring (bicyclic) bond motifs is 1. The standard InChI is InChI=1S/C14H18N4O2/c1-14(2,3)15-12(19)8-9-18-13(20)10-6-4-5-7-11(10)16-17-18/h4-7H,8-9H2,1-3H3,(H,15,19). The molecule has 6 heteroatoms. The van der Waals surface area contributed by atoms with E-state index in [0.29, 0.717) is 10.9 Å². The molecule has 0 saturated carbocycles. The highest BCUT2D eigenvalue weighted by Gasteiger charge is 2.14. The van der Waals surface area contributed by atoms with E-state index in [2.05, 4.69) is 15.6 Å². The van der Waals surface area contributed by atoms with Gasteiger partial charge in [-0.3, -0.25) is 9.59 Å². The van der Waals surface area contributed by atoms with Gasteiger partial charge in [0.2, 0.25) is 5.91 Å². The Morgan fingerprint density at radius 1 is 1.30 bits per heavy atom. The minimum Gasteiger partial charge on any atom is -0.351 e. The Morgan fingerprint density at radius 3 is 2.70 bits per heavy atom. The number of benzene rings is 1. The van der Waals surface area contributed by atoms with Gasteiger partial charge in [-0.15, -0.1) is 5.10 Å². The SMILES string of the molecule is CC(C)(C)NC(=O)CCn1nnc2ccccc2c1=O. The average Bonchev–Trinajstić information content (AvgIpc) is 2.36. The number of amides is 1. The number of rotatable bonds is 3. The van der Waals surface area contributed by atoms with Crippen LogP contribution in [0.4, 0.5) is 0 Å². The van der Waals surface area contributed by atoms with Crippen LogP contribution in [0.15, 0.2) is 29.1 Å². The molecule has 20 heavy (non-hydrogen) atoms. The number of aryl methyl sites for hydroxylation is 1. The zero-order valence-electron chi connectivity index (χ0n) is 11.9. The summed E-state index contributed by atoms with van der Waals surface area (Å²) in [6, 6.07) is 7.03. The summed E-state index contributed by atoms with van der Waals surface area (Å²) in [5.74, 6) is -0.112. The van der Waals surface area contributed by atoms with E-state index < -0.39 is 0 Å². The van der Waals surface area contributed by atoms with Crippen LogP contribution in [0.1, 0.15) is 27.2 Å². The van der Waals surface area contributed by atoms with Gasteiger partial charge in [0, 0.05) is 12.0 Å². The molecule has 1 amide bonds. The molecule has 1 N–H and O–H groups in total. The fraction of sp³-hybridized carbons (Fsp3) is 0.429. The van der Waals surface area contributed by atoms with Crippen LogP contribution in [0.5, 0.6) is 0 Å². The molecule has 0 unspecified atom stereocenters. The zero-order valence-corrected chi connectivity index (χ0v) is 11.9. The van der Waals surface area contributed by atoms with Crippen molar-refractivity contribution in [1.82, 2.24) is 20.3 Å². The number of nitrogens with zero attached hydrogens (tertiary/aromatic N) is 3. The second-order valence-electron chi connectivity index (χ2n) is 5.68. The highest BCUT2D eigenvalue weighted by molar-refractivity contribution is 5.77. The van der Waals surface area contributed by atoms with Gasteiger partial charge in [-0.1, -0.05) is 17.3 Å². The number of nitrogens with one attached hydrogen (secondary N) is 1. The van der Waals surface area contributed by atoms with E-state index in [1.807, 2.05) is 20.8 Å². The van der Waals surface area contributed by atoms with E-state index in [9.17, 15) is 9.59 Å². The fourth-order valence-electron chi connectivity index (χ4n) is 1.86. The minimum atomic E-state index is -0.281. The highest BCUT2D eigenvalue weighted by Crippen LogP contribution is 2.04. The van der Waals surface area contributed by atoms with Crippen LogP contribution in [0.25, 0.3) is 10.9 Å². The normalized spacial score (nSPS) is 11.6. The maximum atomic E-state index is 12.2. The van der Waals surface area contributed by atoms with Crippen LogP contribution in [0, 0.1) is 0 Å². The Kier molecular flexibility index (Phi) is 3.83. The molecule has 0 aliphatic heterocycles. The summed E-state index contributed by atoms with van der Waals surface area (Å²) < 4.78 is 1.23. The molecule has 0 aliphatic carbocycles. The molecule has 0 radical (unpaired) electrons. The van der Waals surface area contributed by atoms with Crippen molar-refractivity contribution in [3.05, 3.63) is 34.6 Å². The molecule has 0 fully saturated rings. The van der Waals surface area contributed by atoms with E-state index in [-0.39, 0.29) is 30.0 Å². The van der Waals surface area contributed by atoms with Crippen LogP contribution in [0.3, 0.4) is 0 Å². The second-order valence-corrected chi connectivity index (χ2v) is 5.68. The van der Waals surface area contributed by atoms with E-state index in [4.69, 9.17) is 0 Å². The highest BCUT2D eigenvalue weighted by atomic mass is 16.2. The smallest absolute Gasteiger partial charge is 0.277 e. The summed E-state index contributed by atoms with van der Waals surface area (Å²) in [6.45, 7) is 5.95. The number of hydrogen-bond donors (Lipinski definition) is 1. The summed E-state index contributed by atoms with van der Waals surface area (Å²) >= 11 is 0. The summed E-state index contributed by atoms with van der Waals surface area (Å²) in [5.41, 5.74) is 0.0592. The van der Waals surface area contributed by atoms with Crippen molar-refractivity contribution >= 4 is 16.8 Å². The van der Waals surface area contributed by atoms with Crippen molar-refractivity contribution in [1.29, 1.82) is 0 Å². The largest absolute Gasteiger partial charge is 0.351 e. The molecule has 0 bridgehead atoms. The van der Waals surface area contributed by atoms with Gasteiger partial charge >= 0.3 is 0 Å². The molecular weight excluding hydrogens is 256 g/mol. The van der Waals surface area contributed by atoms with Gasteiger partial charge in [-0.05, 0) is 32.9 Å². The van der Waals surface area contributed by atoms with Crippen LogP contribution >= 0.6 is 0 Å². The number of carbonyl (C=O) groups is 1. The first-order chi connectivity index (χ1) is 9.37. The number of carbonyl (C=O) groups excluding carboxylic acids is 1. The van der Waals surface area contributed by atoms with Gasteiger partial charge in [0.15, 0.2) is 0 Å². The molecule has 2 rings (SSSR count). The van der Waals surface area contributed by atoms with Crippen LogP contribution in [-0.2, 0) is 11.3 Å². The van der Waals surface area contributed by atoms with Gasteiger partial charge < -0.3 is 5.32 Å². The van der Waals surface area contributed by atoms with Gasteiger partial charge in [0.1, 0.15) is 5.52 Å². The van der Waals surface area contributed by atoms with Crippen molar-refractivity contribution in [3.63, 3.8) is 0 Å². The molecule has 0 aliphatic rings. The third-order valence-corrected chi connectivity index (χ3v) is 2.69. The molecule has 2 aromatic rings. The van der Waals surface area contributed by atoms with Crippen LogP contribution in [0.2, 0.25) is 0 Å². The Morgan fingerprint density at radius 2 is 2.00 bits per heavy atom. The first-order valence-electron chi connectivity index (χ1n) is 6.50. The van der Waals surface area contributed by atoms with Crippen molar-refractivity contribution in [2.75, 3.05) is 0 Å². The Bertz CT molecular complexity index is 685. The maximum absolute atomic E-state index is 12.2. The number of hydrogen-bond acceptors (Lipinski definition) is 4. The molecule has 1 aromatic heterocycles. The molecule has 0 saturated heterocycles. The zero-order chi connectivity index (χ0) is 14.8. The molecular formula is C14H18N4O2. The Balaban J connectivity index is 2.13. The summed E-state index contributed by atoms with van der Waals surface area (Å²) in [4.78, 5) is 23.9. The fourth-order valence-corrected chi connectivity index (χ4v) is 1.86. The lowest BCUT2D eigenvalue weighted by atomic mass is 10.1. The van der Waals surface area contributed by atoms with E-state index in [1.54, 1.807) is 24.3 Å². The minimum absolute atomic E-state index is 0.112. The lowest BCUT2D eigenvalue weighted by Gasteiger charge is -2.20. The summed E-state index contributed by atoms with van der Waals surface area (Å²) in [7, 11) is 0. The van der Waals surface area contributed by atoms with Gasteiger partial charge in [0.25, 0.3) is 5.56 Å². The quantitative estimate of drug-likeness (QED) is 0.909. The predicted octanol–water partition coefficient (Wildman–Crippen LogP) is 1.10. The topological polar surface area (TPSA) is 76.9 Å². The van der Waals surface area contributed by atoms with Crippen LogP contribution in [-0.4, -0.2) is 26.4 Å². The third kappa shape index (κ3) is 3.40. The first kappa shape index (κ1) is 14.2. The van der Waals surface area contributed by atoms with Crippen molar-refractivity contribution in [2.45, 2.75) is 39.3 Å². The monoisotopic (exact) mass is 274 g/mol. The summed E-state index contributed by atoms with van der Waals surface area (Å²) in [6.07, 6.45) is 0.199. The van der Waals surface area contributed by atoms with E-state index in [1.165, 1.54) is 4.68 Å². The van der Waals surface area contributed by atoms with Crippen LogP contribution < -0.4 is 10.9 Å². The predicted molar refractivity (Wildman–Crippen MR) is 76.3 cm³/mol. The lowest BCUT2D eigenvalue weighted by molar-refractivity contribution is -0.122. The third-order valence-electron chi connectivity index (χ3n) is 2.69. The molecule has 1 aromatic carbocycles. The maximum Gasteiger partial charge on any atom is 0.277 e. The van der Waals surface area contributed by atoms with Crippen molar-refractivity contribution in [3.8, 4) is 0 Å². The molecule has 1 heterocycles. The van der Waals surface area contributed by atoms with E-state index >= 15 is 0 Å². The molecule has 106 valence electrons. The Labute approximate surface area is 116 Å². The lowest BCUT2D eigenvalue weighted by Crippen LogP contribution is -2.41. The van der Waals surface area contributed by atoms with Gasteiger partial charge in [-0.25, -0.2) is 4.68 Å². The van der Waals surface area contributed by atoms with Gasteiger partial charge in [-0.2, -0.15) is 0 Å². The first-order valence-corrected chi connectivity index (χ1v) is 6.50. The Hall–Kier alpha value is -2.24. The number of aromatic nitrogens is 3. The molecule has 0 atom stereocenters. The average molecular weight is 274 g/mol. The second kappa shape index (κ2) is 5.40. The summed E-state index contributed by atoms with van der Waals surface area (Å²) in [5, 5.41) is 11.2. The van der Waals surface area contributed by atoms with E-state index in [0.717, 1.165) is 0 Å². The van der Waals surface area contributed by atoms with Crippen molar-refractivity contribution in [2.24, 2.45) is 0 Å². The van der Waals surface area contributed by atoms with Gasteiger partial charge in [0.05, 0.1) is 11.9 Å². The molecule has 6 nitrogen and oxygen atoms in total. The molecule has 0 spiro atoms. The van der Waals surface area contributed by atoms with Crippen molar-refractivity contribution < 1.29 is 4.79 Å².